The highest BCUT2D eigenvalue weighted by Crippen LogP contribution is 2.68. The van der Waals surface area contributed by atoms with Gasteiger partial charge in [0.05, 0.1) is 18.8 Å². The van der Waals surface area contributed by atoms with E-state index in [9.17, 15) is 5.11 Å². The highest BCUT2D eigenvalue weighted by atomic mass is 16.5. The second-order valence-electron chi connectivity index (χ2n) is 17.2. The predicted octanol–water partition coefficient (Wildman–Crippen LogP) is 7.95. The number of aliphatic hydroxyl groups is 1. The summed E-state index contributed by atoms with van der Waals surface area (Å²) in [6.07, 6.45) is 16.6. The monoisotopic (exact) mass is 638 g/mol. The molecule has 1 aromatic carbocycles. The molecular weight excluding hydrogens is 566 g/mol. The number of benzene rings is 1. The van der Waals surface area contributed by atoms with Crippen LogP contribution in [0.2, 0.25) is 0 Å². The fourth-order valence-corrected chi connectivity index (χ4v) is 11.3. The summed E-state index contributed by atoms with van der Waals surface area (Å²) in [5.74, 6) is 4.77. The van der Waals surface area contributed by atoms with Crippen molar-refractivity contribution < 1.29 is 9.84 Å². The van der Waals surface area contributed by atoms with E-state index in [1.54, 1.807) is 0 Å². The fourth-order valence-electron chi connectivity index (χ4n) is 11.3. The lowest BCUT2D eigenvalue weighted by atomic mass is 9.43. The van der Waals surface area contributed by atoms with Crippen molar-refractivity contribution in [3.63, 3.8) is 0 Å². The largest absolute Gasteiger partial charge is 0.393 e. The summed E-state index contributed by atoms with van der Waals surface area (Å²) < 4.78 is 7.11. The van der Waals surface area contributed by atoms with E-state index in [0.717, 1.165) is 75.7 Å². The predicted molar refractivity (Wildman–Crippen MR) is 192 cm³/mol. The minimum absolute atomic E-state index is 0.165. The average Bonchev–Trinajstić information content (AvgIpc) is 3.41. The summed E-state index contributed by atoms with van der Waals surface area (Å²) in [5, 5.41) is 18.2. The molecule has 4 aliphatic carbocycles. The standard InChI is InChI=1S/C41H71N3O2/c1-29(2)37(45)17-14-30(3)34-15-16-35-39-36(19-21-41(34,35)5)40(4)20-18-33(44-25-11-24-43-23-10-9-22-42)26-32(40)27-38(39)46-28-31-12-7-6-8-13-31/h6-8,12-13,29-30,32-39,43-45H,9-11,14-28,42H2,1-5H3/t30-,32-,33+,34-,35+,36+,37?,38-,39+,40+,41-/m1/s1. The minimum atomic E-state index is -0.165. The Kier molecular flexibility index (Phi) is 13.1. The quantitative estimate of drug-likeness (QED) is 0.130. The fraction of sp³-hybridized carbons (Fsp3) is 0.854. The zero-order valence-electron chi connectivity index (χ0n) is 30.3. The maximum absolute atomic E-state index is 10.6. The Balaban J connectivity index is 1.26. The average molecular weight is 638 g/mol. The van der Waals surface area contributed by atoms with Crippen molar-refractivity contribution in [2.75, 3.05) is 26.2 Å². The van der Waals surface area contributed by atoms with Gasteiger partial charge in [0.15, 0.2) is 0 Å². The summed E-state index contributed by atoms with van der Waals surface area (Å²) in [6, 6.07) is 11.6. The van der Waals surface area contributed by atoms with E-state index in [4.69, 9.17) is 10.5 Å². The lowest BCUT2D eigenvalue weighted by molar-refractivity contribution is -0.185. The number of fused-ring (bicyclic) bond motifs is 5. The van der Waals surface area contributed by atoms with Gasteiger partial charge in [0.1, 0.15) is 0 Å². The Morgan fingerprint density at radius 2 is 1.61 bits per heavy atom. The van der Waals surface area contributed by atoms with Crippen LogP contribution >= 0.6 is 0 Å². The van der Waals surface area contributed by atoms with Crippen LogP contribution in [0.1, 0.15) is 124 Å². The normalized spacial score (nSPS) is 37.0. The number of nitrogens with one attached hydrogen (secondary N) is 2. The van der Waals surface area contributed by atoms with Crippen LogP contribution < -0.4 is 16.4 Å². The van der Waals surface area contributed by atoms with Crippen LogP contribution in [0, 0.1) is 52.3 Å². The molecule has 0 aliphatic heterocycles. The molecule has 0 bridgehead atoms. The minimum Gasteiger partial charge on any atom is -0.393 e. The molecule has 0 spiro atoms. The van der Waals surface area contributed by atoms with Gasteiger partial charge < -0.3 is 26.2 Å². The van der Waals surface area contributed by atoms with Gasteiger partial charge in [-0.15, -0.1) is 0 Å². The van der Waals surface area contributed by atoms with Crippen LogP contribution in [0.3, 0.4) is 0 Å². The van der Waals surface area contributed by atoms with Gasteiger partial charge >= 0.3 is 0 Å². The summed E-state index contributed by atoms with van der Waals surface area (Å²) in [4.78, 5) is 0. The molecule has 4 fully saturated rings. The van der Waals surface area contributed by atoms with Gasteiger partial charge in [0.2, 0.25) is 0 Å². The molecule has 0 aromatic heterocycles. The molecule has 0 amide bonds. The van der Waals surface area contributed by atoms with E-state index in [1.807, 2.05) is 0 Å². The van der Waals surface area contributed by atoms with Crippen LogP contribution in [-0.2, 0) is 11.3 Å². The highest BCUT2D eigenvalue weighted by molar-refractivity contribution is 5.15. The van der Waals surface area contributed by atoms with E-state index in [0.29, 0.717) is 40.7 Å². The van der Waals surface area contributed by atoms with Gasteiger partial charge in [0, 0.05) is 6.04 Å². The first-order valence-electron chi connectivity index (χ1n) is 19.6. The topological polar surface area (TPSA) is 79.5 Å². The van der Waals surface area contributed by atoms with Gasteiger partial charge in [-0.1, -0.05) is 65.0 Å². The lowest BCUT2D eigenvalue weighted by Crippen LogP contribution is -2.60. The molecule has 5 nitrogen and oxygen atoms in total. The Bertz CT molecular complexity index is 1040. The van der Waals surface area contributed by atoms with E-state index >= 15 is 0 Å². The van der Waals surface area contributed by atoms with Crippen molar-refractivity contribution in [2.45, 2.75) is 143 Å². The molecule has 11 atom stereocenters. The third-order valence-corrected chi connectivity index (χ3v) is 14.2. The van der Waals surface area contributed by atoms with Gasteiger partial charge in [-0.2, -0.15) is 0 Å². The van der Waals surface area contributed by atoms with E-state index in [2.05, 4.69) is 75.6 Å². The molecule has 4 saturated carbocycles. The van der Waals surface area contributed by atoms with Crippen LogP contribution in [0.5, 0.6) is 0 Å². The first-order valence-corrected chi connectivity index (χ1v) is 19.6. The van der Waals surface area contributed by atoms with Gasteiger partial charge in [-0.25, -0.2) is 0 Å². The van der Waals surface area contributed by atoms with Gasteiger partial charge in [-0.05, 0) is 167 Å². The Morgan fingerprint density at radius 1 is 0.870 bits per heavy atom. The van der Waals surface area contributed by atoms with Crippen molar-refractivity contribution >= 4 is 0 Å². The van der Waals surface area contributed by atoms with Gasteiger partial charge in [0.25, 0.3) is 0 Å². The lowest BCUT2D eigenvalue weighted by Gasteiger charge is -2.63. The molecule has 0 radical (unpaired) electrons. The summed E-state index contributed by atoms with van der Waals surface area (Å²) in [5.41, 5.74) is 7.79. The van der Waals surface area contributed by atoms with E-state index < -0.39 is 0 Å². The maximum atomic E-state index is 10.6. The van der Waals surface area contributed by atoms with Crippen molar-refractivity contribution in [2.24, 2.45) is 58.0 Å². The van der Waals surface area contributed by atoms with Crippen molar-refractivity contribution in [1.29, 1.82) is 0 Å². The zero-order chi connectivity index (χ0) is 32.7. The van der Waals surface area contributed by atoms with Crippen molar-refractivity contribution in [3.8, 4) is 0 Å². The molecule has 5 rings (SSSR count). The van der Waals surface area contributed by atoms with Crippen molar-refractivity contribution in [1.82, 2.24) is 10.6 Å². The first kappa shape index (κ1) is 36.3. The zero-order valence-corrected chi connectivity index (χ0v) is 30.3. The number of aliphatic hydroxyl groups excluding tert-OH is 1. The molecular formula is C41H71N3O2. The molecule has 5 heteroatoms. The smallest absolute Gasteiger partial charge is 0.0720 e. The maximum Gasteiger partial charge on any atom is 0.0720 e. The van der Waals surface area contributed by atoms with Crippen LogP contribution in [0.25, 0.3) is 0 Å². The number of hydrogen-bond acceptors (Lipinski definition) is 5. The third-order valence-electron chi connectivity index (χ3n) is 14.2. The highest BCUT2D eigenvalue weighted by Gasteiger charge is 2.63. The number of nitrogens with two attached hydrogens (primary N) is 1. The molecule has 0 saturated heterocycles. The Hall–Kier alpha value is -0.980. The number of rotatable bonds is 17. The molecule has 1 aromatic rings. The molecule has 46 heavy (non-hydrogen) atoms. The van der Waals surface area contributed by atoms with E-state index in [-0.39, 0.29) is 6.10 Å². The Labute approximate surface area is 283 Å². The van der Waals surface area contributed by atoms with Crippen LogP contribution in [0.4, 0.5) is 0 Å². The van der Waals surface area contributed by atoms with E-state index in [1.165, 1.54) is 69.8 Å². The second kappa shape index (κ2) is 16.6. The molecule has 4 aliphatic rings. The molecule has 1 unspecified atom stereocenters. The third kappa shape index (κ3) is 8.24. The Morgan fingerprint density at radius 3 is 2.37 bits per heavy atom. The number of hydrogen-bond donors (Lipinski definition) is 4. The van der Waals surface area contributed by atoms with Gasteiger partial charge in [-0.3, -0.25) is 0 Å². The second-order valence-corrected chi connectivity index (χ2v) is 17.2. The first-order chi connectivity index (χ1) is 22.2. The van der Waals surface area contributed by atoms with Crippen LogP contribution in [0.15, 0.2) is 30.3 Å². The SMILES string of the molecule is CC(C)C(O)CC[C@@H](C)[C@H]1CC[C@H]2[C@@H]3[C@H](OCc4ccccc4)C[C@H]4C[C@@H](NCCCNCCCCN)CC[C@]4(C)[C@H]3CC[C@]12C. The van der Waals surface area contributed by atoms with Crippen LogP contribution in [-0.4, -0.2) is 49.5 Å². The molecule has 5 N–H and O–H groups in total. The molecule has 0 heterocycles. The number of unbranched alkanes of at least 4 members (excludes halogenated alkanes) is 1. The molecule has 262 valence electrons. The van der Waals surface area contributed by atoms with Crippen molar-refractivity contribution in [3.05, 3.63) is 35.9 Å². The summed E-state index contributed by atoms with van der Waals surface area (Å²) in [7, 11) is 0. The summed E-state index contributed by atoms with van der Waals surface area (Å²) in [6.45, 7) is 17.1. The number of ether oxygens (including phenoxy) is 1. The summed E-state index contributed by atoms with van der Waals surface area (Å²) >= 11 is 0.